The molecule has 0 saturated heterocycles. The number of fused-ring (bicyclic) bond motifs is 4. The standard InChI is InChI=1S/C28H27N3O5/c1-16(2)10-18(31-27(33)21-6-4-5-7-22(21)28(31)34)14-35-19-8-9-20-23-12-29-13-25(30-17(3)32)24(23)15-36-26(20)11-19/h4-9,11-13,16,18H,10,14-15H2,1-3H3,(H,30,32). The van der Waals surface area contributed by atoms with Crippen LogP contribution in [0.3, 0.4) is 0 Å². The summed E-state index contributed by atoms with van der Waals surface area (Å²) in [4.78, 5) is 43.2. The fourth-order valence-corrected chi connectivity index (χ4v) is 4.78. The maximum Gasteiger partial charge on any atom is 0.261 e. The molecule has 0 aliphatic carbocycles. The average molecular weight is 486 g/mol. The smallest absolute Gasteiger partial charge is 0.261 e. The van der Waals surface area contributed by atoms with Crippen molar-refractivity contribution in [2.24, 2.45) is 5.92 Å². The van der Waals surface area contributed by atoms with E-state index in [0.717, 1.165) is 16.7 Å². The highest BCUT2D eigenvalue weighted by Crippen LogP contribution is 2.41. The van der Waals surface area contributed by atoms with Crippen molar-refractivity contribution in [2.45, 2.75) is 39.8 Å². The van der Waals surface area contributed by atoms with Crippen LogP contribution < -0.4 is 14.8 Å². The quantitative estimate of drug-likeness (QED) is 0.488. The Morgan fingerprint density at radius 1 is 1.06 bits per heavy atom. The van der Waals surface area contributed by atoms with Gasteiger partial charge in [-0.05, 0) is 36.6 Å². The predicted molar refractivity (Wildman–Crippen MR) is 134 cm³/mol. The van der Waals surface area contributed by atoms with E-state index in [-0.39, 0.29) is 36.9 Å². The molecule has 0 fully saturated rings. The Morgan fingerprint density at radius 2 is 1.78 bits per heavy atom. The first-order valence-corrected chi connectivity index (χ1v) is 11.9. The van der Waals surface area contributed by atoms with Crippen molar-refractivity contribution in [1.29, 1.82) is 0 Å². The second-order valence-corrected chi connectivity index (χ2v) is 9.46. The molecule has 5 rings (SSSR count). The minimum Gasteiger partial charge on any atom is -0.491 e. The first-order chi connectivity index (χ1) is 17.3. The molecule has 1 aromatic heterocycles. The number of anilines is 1. The third-order valence-electron chi connectivity index (χ3n) is 6.36. The molecule has 1 unspecified atom stereocenters. The number of ether oxygens (including phenoxy) is 2. The highest BCUT2D eigenvalue weighted by Gasteiger charge is 2.40. The number of amides is 3. The fourth-order valence-electron chi connectivity index (χ4n) is 4.78. The van der Waals surface area contributed by atoms with Crippen molar-refractivity contribution in [3.8, 4) is 22.6 Å². The lowest BCUT2D eigenvalue weighted by Crippen LogP contribution is -2.44. The van der Waals surface area contributed by atoms with Crippen LogP contribution in [0.4, 0.5) is 5.69 Å². The van der Waals surface area contributed by atoms with E-state index in [1.165, 1.54) is 11.8 Å². The number of hydrogen-bond acceptors (Lipinski definition) is 6. The van der Waals surface area contributed by atoms with Gasteiger partial charge in [0.1, 0.15) is 24.7 Å². The normalized spacial score (nSPS) is 14.6. The Labute approximate surface area is 209 Å². The summed E-state index contributed by atoms with van der Waals surface area (Å²) in [6, 6.07) is 12.0. The van der Waals surface area contributed by atoms with Gasteiger partial charge in [0.2, 0.25) is 5.91 Å². The van der Waals surface area contributed by atoms with E-state index in [1.807, 2.05) is 12.1 Å². The molecule has 2 aliphatic rings. The first-order valence-electron chi connectivity index (χ1n) is 11.9. The van der Waals surface area contributed by atoms with Crippen molar-refractivity contribution >= 4 is 23.4 Å². The Bertz CT molecular complexity index is 1330. The summed E-state index contributed by atoms with van der Waals surface area (Å²) in [7, 11) is 0. The Kier molecular flexibility index (Phi) is 6.18. The van der Waals surface area contributed by atoms with E-state index in [0.29, 0.717) is 34.7 Å². The number of rotatable bonds is 7. The van der Waals surface area contributed by atoms with Crippen LogP contribution in [0.1, 0.15) is 53.5 Å². The SMILES string of the molecule is CC(=O)Nc1cncc2c1COc1cc(OCC(CC(C)C)N3C(=O)c4ccccc4C3=O)ccc1-2. The van der Waals surface area contributed by atoms with Gasteiger partial charge in [-0.2, -0.15) is 0 Å². The van der Waals surface area contributed by atoms with Gasteiger partial charge in [0.15, 0.2) is 0 Å². The molecule has 0 radical (unpaired) electrons. The summed E-state index contributed by atoms with van der Waals surface area (Å²) in [5.74, 6) is 0.747. The van der Waals surface area contributed by atoms with Gasteiger partial charge >= 0.3 is 0 Å². The molecular weight excluding hydrogens is 458 g/mol. The van der Waals surface area contributed by atoms with Gasteiger partial charge < -0.3 is 14.8 Å². The fraction of sp³-hybridized carbons (Fsp3) is 0.286. The molecule has 184 valence electrons. The molecule has 0 spiro atoms. The number of carbonyl (C=O) groups is 3. The van der Waals surface area contributed by atoms with Crippen LogP contribution in [0.25, 0.3) is 11.1 Å². The van der Waals surface area contributed by atoms with Crippen molar-refractivity contribution in [2.75, 3.05) is 11.9 Å². The van der Waals surface area contributed by atoms with Crippen molar-refractivity contribution in [1.82, 2.24) is 9.88 Å². The third-order valence-corrected chi connectivity index (χ3v) is 6.36. The van der Waals surface area contributed by atoms with Crippen LogP contribution in [-0.2, 0) is 11.4 Å². The van der Waals surface area contributed by atoms with E-state index in [4.69, 9.17) is 9.47 Å². The molecule has 1 atom stereocenters. The topological polar surface area (TPSA) is 97.8 Å². The molecule has 2 aliphatic heterocycles. The number of imide groups is 1. The van der Waals surface area contributed by atoms with Gasteiger partial charge in [-0.3, -0.25) is 24.3 Å². The van der Waals surface area contributed by atoms with Crippen LogP contribution in [0.15, 0.2) is 54.9 Å². The molecule has 0 saturated carbocycles. The Balaban J connectivity index is 1.36. The van der Waals surface area contributed by atoms with Gasteiger partial charge in [-0.1, -0.05) is 26.0 Å². The number of nitrogens with zero attached hydrogens (tertiary/aromatic N) is 2. The summed E-state index contributed by atoms with van der Waals surface area (Å²) in [5, 5.41) is 2.80. The predicted octanol–water partition coefficient (Wildman–Crippen LogP) is 4.69. The lowest BCUT2D eigenvalue weighted by atomic mass is 9.98. The molecule has 3 amide bonds. The van der Waals surface area contributed by atoms with Crippen molar-refractivity contribution in [3.05, 3.63) is 71.5 Å². The van der Waals surface area contributed by atoms with E-state index in [9.17, 15) is 14.4 Å². The van der Waals surface area contributed by atoms with Gasteiger partial charge in [-0.25, -0.2) is 0 Å². The number of hydrogen-bond donors (Lipinski definition) is 1. The lowest BCUT2D eigenvalue weighted by molar-refractivity contribution is -0.114. The first kappa shape index (κ1) is 23.5. The van der Waals surface area contributed by atoms with Crippen molar-refractivity contribution in [3.63, 3.8) is 0 Å². The molecule has 3 aromatic rings. The summed E-state index contributed by atoms with van der Waals surface area (Å²) in [6.45, 7) is 6.02. The van der Waals surface area contributed by atoms with Crippen LogP contribution >= 0.6 is 0 Å². The Morgan fingerprint density at radius 3 is 2.44 bits per heavy atom. The zero-order chi connectivity index (χ0) is 25.4. The minimum absolute atomic E-state index is 0.172. The van der Waals surface area contributed by atoms with Crippen LogP contribution in [0.2, 0.25) is 0 Å². The van der Waals surface area contributed by atoms with Gasteiger partial charge in [0, 0.05) is 35.9 Å². The molecule has 1 N–H and O–H groups in total. The number of benzene rings is 2. The lowest BCUT2D eigenvalue weighted by Gasteiger charge is -2.28. The zero-order valence-corrected chi connectivity index (χ0v) is 20.4. The number of carbonyl (C=O) groups excluding carboxylic acids is 3. The average Bonchev–Trinajstić information content (AvgIpc) is 3.11. The maximum atomic E-state index is 13.0. The second kappa shape index (κ2) is 9.45. The molecule has 36 heavy (non-hydrogen) atoms. The highest BCUT2D eigenvalue weighted by molar-refractivity contribution is 6.21. The summed E-state index contributed by atoms with van der Waals surface area (Å²) in [5.41, 5.74) is 4.10. The van der Waals surface area contributed by atoms with Crippen LogP contribution in [0, 0.1) is 5.92 Å². The van der Waals surface area contributed by atoms with E-state index < -0.39 is 6.04 Å². The minimum atomic E-state index is -0.403. The van der Waals surface area contributed by atoms with Crippen LogP contribution in [-0.4, -0.2) is 40.3 Å². The molecule has 8 heteroatoms. The summed E-state index contributed by atoms with van der Waals surface area (Å²) >= 11 is 0. The zero-order valence-electron chi connectivity index (χ0n) is 20.4. The Hall–Kier alpha value is -4.20. The van der Waals surface area contributed by atoms with E-state index in [2.05, 4.69) is 24.1 Å². The monoisotopic (exact) mass is 485 g/mol. The molecule has 8 nitrogen and oxygen atoms in total. The van der Waals surface area contributed by atoms with Gasteiger partial charge in [0.25, 0.3) is 11.8 Å². The summed E-state index contributed by atoms with van der Waals surface area (Å²) in [6.07, 6.45) is 3.99. The molecule has 3 heterocycles. The van der Waals surface area contributed by atoms with E-state index in [1.54, 1.807) is 42.7 Å². The third kappa shape index (κ3) is 4.30. The highest BCUT2D eigenvalue weighted by atomic mass is 16.5. The second-order valence-electron chi connectivity index (χ2n) is 9.46. The number of aromatic nitrogens is 1. The number of nitrogens with one attached hydrogen (secondary N) is 1. The summed E-state index contributed by atoms with van der Waals surface area (Å²) < 4.78 is 12.1. The van der Waals surface area contributed by atoms with Gasteiger partial charge in [0.05, 0.1) is 29.1 Å². The van der Waals surface area contributed by atoms with Gasteiger partial charge in [-0.15, -0.1) is 0 Å². The molecule has 2 aromatic carbocycles. The van der Waals surface area contributed by atoms with Crippen LogP contribution in [0.5, 0.6) is 11.5 Å². The molecule has 0 bridgehead atoms. The maximum absolute atomic E-state index is 13.0. The van der Waals surface area contributed by atoms with E-state index >= 15 is 0 Å². The number of pyridine rings is 1. The largest absolute Gasteiger partial charge is 0.491 e. The van der Waals surface area contributed by atoms with Crippen molar-refractivity contribution < 1.29 is 23.9 Å². The molecular formula is C28H27N3O5.